The smallest absolute Gasteiger partial charge is 0.222 e. The molecule has 0 bridgehead atoms. The molecule has 1 aliphatic carbocycles. The van der Waals surface area contributed by atoms with Crippen molar-refractivity contribution < 1.29 is 4.74 Å². The second kappa shape index (κ2) is 4.42. The molecule has 0 aromatic heterocycles. The van der Waals surface area contributed by atoms with Gasteiger partial charge in [0.25, 0.3) is 0 Å². The highest BCUT2D eigenvalue weighted by molar-refractivity contribution is 5.97. The van der Waals surface area contributed by atoms with Gasteiger partial charge in [0.05, 0.1) is 0 Å². The molecule has 1 aromatic rings. The molecule has 2 heteroatoms. The lowest BCUT2D eigenvalue weighted by molar-refractivity contribution is 0.537. The topological polar surface area (TPSA) is 21.6 Å². The van der Waals surface area contributed by atoms with E-state index in [1.807, 2.05) is 36.5 Å². The monoisotopic (exact) mass is 223 g/mol. The zero-order chi connectivity index (χ0) is 11.5. The third-order valence-corrected chi connectivity index (χ3v) is 2.92. The molecule has 1 heterocycles. The lowest BCUT2D eigenvalue weighted by Gasteiger charge is -2.22. The maximum atomic E-state index is 5.82. The van der Waals surface area contributed by atoms with E-state index in [0.29, 0.717) is 11.8 Å². The number of nitrogens with zero attached hydrogens (tertiary/aromatic N) is 1. The van der Waals surface area contributed by atoms with Gasteiger partial charge in [0.1, 0.15) is 5.75 Å². The predicted molar refractivity (Wildman–Crippen MR) is 69.0 cm³/mol. The fourth-order valence-electron chi connectivity index (χ4n) is 2.03. The van der Waals surface area contributed by atoms with Crippen molar-refractivity contribution in [3.8, 4) is 5.75 Å². The lowest BCUT2D eigenvalue weighted by atomic mass is 9.90. The first kappa shape index (κ1) is 10.1. The summed E-state index contributed by atoms with van der Waals surface area (Å²) in [6.45, 7) is 0. The molecule has 0 amide bonds. The summed E-state index contributed by atoms with van der Waals surface area (Å²) >= 11 is 0. The molecule has 1 atom stereocenters. The van der Waals surface area contributed by atoms with Crippen LogP contribution in [0.25, 0.3) is 0 Å². The van der Waals surface area contributed by atoms with Crippen molar-refractivity contribution in [2.75, 3.05) is 0 Å². The van der Waals surface area contributed by atoms with Crippen LogP contribution >= 0.6 is 0 Å². The van der Waals surface area contributed by atoms with Crippen molar-refractivity contribution in [3.63, 3.8) is 0 Å². The Morgan fingerprint density at radius 1 is 1.18 bits per heavy atom. The number of ether oxygens (including phenoxy) is 1. The Morgan fingerprint density at radius 3 is 2.94 bits per heavy atom. The van der Waals surface area contributed by atoms with Crippen molar-refractivity contribution in [2.45, 2.75) is 6.42 Å². The molecule has 1 aromatic carbocycles. The molecular formula is C15H13NO. The van der Waals surface area contributed by atoms with Gasteiger partial charge in [-0.2, -0.15) is 0 Å². The minimum Gasteiger partial charge on any atom is -0.439 e. The standard InChI is InChI=1S/C15H13NO/c1-2-7-13(8-3-1)17-15-14-9-5-4-6-12(14)10-11-16-15/h1-5,7-12H,6H2. The summed E-state index contributed by atoms with van der Waals surface area (Å²) in [4.78, 5) is 4.32. The van der Waals surface area contributed by atoms with Crippen LogP contribution in [0.3, 0.4) is 0 Å². The highest BCUT2D eigenvalue weighted by Crippen LogP contribution is 2.27. The maximum Gasteiger partial charge on any atom is 0.222 e. The highest BCUT2D eigenvalue weighted by Gasteiger charge is 2.21. The normalized spacial score (nSPS) is 21.5. The second-order valence-corrected chi connectivity index (χ2v) is 4.08. The summed E-state index contributed by atoms with van der Waals surface area (Å²) in [5, 5.41) is 0. The van der Waals surface area contributed by atoms with Gasteiger partial charge in [0.2, 0.25) is 5.90 Å². The predicted octanol–water partition coefficient (Wildman–Crippen LogP) is 3.49. The number of aliphatic imine (C=N–C) groups is 1. The van der Waals surface area contributed by atoms with E-state index in [4.69, 9.17) is 4.74 Å². The molecule has 84 valence electrons. The Kier molecular flexibility index (Phi) is 2.62. The molecule has 2 aliphatic rings. The van der Waals surface area contributed by atoms with Crippen molar-refractivity contribution in [1.82, 2.24) is 0 Å². The van der Waals surface area contributed by atoms with Gasteiger partial charge in [-0.3, -0.25) is 0 Å². The molecule has 3 rings (SSSR count). The van der Waals surface area contributed by atoms with Crippen LogP contribution in [0.1, 0.15) is 6.42 Å². The fourth-order valence-corrected chi connectivity index (χ4v) is 2.03. The largest absolute Gasteiger partial charge is 0.439 e. The van der Waals surface area contributed by atoms with E-state index in [-0.39, 0.29) is 0 Å². The fraction of sp³-hybridized carbons (Fsp3) is 0.133. The molecule has 0 spiro atoms. The van der Waals surface area contributed by atoms with Crippen LogP contribution in [-0.2, 0) is 0 Å². The van der Waals surface area contributed by atoms with Gasteiger partial charge in [-0.15, -0.1) is 0 Å². The van der Waals surface area contributed by atoms with E-state index in [0.717, 1.165) is 12.2 Å². The molecule has 1 aliphatic heterocycles. The summed E-state index contributed by atoms with van der Waals surface area (Å²) < 4.78 is 5.82. The van der Waals surface area contributed by atoms with E-state index in [2.05, 4.69) is 29.3 Å². The number of para-hydroxylation sites is 1. The summed E-state index contributed by atoms with van der Waals surface area (Å²) in [6.07, 6.45) is 11.3. The average molecular weight is 223 g/mol. The quantitative estimate of drug-likeness (QED) is 0.714. The van der Waals surface area contributed by atoms with Gasteiger partial charge in [0, 0.05) is 17.7 Å². The van der Waals surface area contributed by atoms with E-state index in [1.165, 1.54) is 5.57 Å². The van der Waals surface area contributed by atoms with Gasteiger partial charge >= 0.3 is 0 Å². The molecule has 0 saturated heterocycles. The van der Waals surface area contributed by atoms with E-state index in [1.54, 1.807) is 0 Å². The second-order valence-electron chi connectivity index (χ2n) is 4.08. The van der Waals surface area contributed by atoms with Crippen LogP contribution in [-0.4, -0.2) is 5.90 Å². The average Bonchev–Trinajstić information content (AvgIpc) is 2.40. The Balaban J connectivity index is 1.87. The van der Waals surface area contributed by atoms with Crippen LogP contribution in [0, 0.1) is 5.92 Å². The molecule has 1 unspecified atom stereocenters. The summed E-state index contributed by atoms with van der Waals surface area (Å²) in [5.74, 6) is 1.96. The molecule has 17 heavy (non-hydrogen) atoms. The zero-order valence-corrected chi connectivity index (χ0v) is 9.41. The van der Waals surface area contributed by atoms with Gasteiger partial charge in [0.15, 0.2) is 0 Å². The lowest BCUT2D eigenvalue weighted by Crippen LogP contribution is -2.20. The third kappa shape index (κ3) is 2.07. The SMILES string of the molecule is C1=CCC2C=CN=C(Oc3ccccc3)C2=C1. The molecule has 0 N–H and O–H groups in total. The van der Waals surface area contributed by atoms with E-state index >= 15 is 0 Å². The first-order valence-corrected chi connectivity index (χ1v) is 5.78. The Morgan fingerprint density at radius 2 is 2.06 bits per heavy atom. The summed E-state index contributed by atoms with van der Waals surface area (Å²) in [6, 6.07) is 9.77. The molecular weight excluding hydrogens is 210 g/mol. The van der Waals surface area contributed by atoms with Gasteiger partial charge in [-0.05, 0) is 18.6 Å². The van der Waals surface area contributed by atoms with Crippen molar-refractivity contribution in [3.05, 3.63) is 66.4 Å². The van der Waals surface area contributed by atoms with Gasteiger partial charge in [-0.25, -0.2) is 4.99 Å². The third-order valence-electron chi connectivity index (χ3n) is 2.92. The first-order chi connectivity index (χ1) is 8.43. The van der Waals surface area contributed by atoms with Crippen LogP contribution in [0.4, 0.5) is 0 Å². The Hall–Kier alpha value is -2.09. The van der Waals surface area contributed by atoms with Crippen molar-refractivity contribution in [2.24, 2.45) is 10.9 Å². The number of rotatable bonds is 1. The number of hydrogen-bond donors (Lipinski definition) is 0. The van der Waals surface area contributed by atoms with Crippen LogP contribution in [0.15, 0.2) is 71.4 Å². The molecule has 0 fully saturated rings. The number of fused-ring (bicyclic) bond motifs is 1. The highest BCUT2D eigenvalue weighted by atomic mass is 16.5. The summed E-state index contributed by atoms with van der Waals surface area (Å²) in [5.41, 5.74) is 1.17. The Bertz CT molecular complexity index is 523. The van der Waals surface area contributed by atoms with Crippen molar-refractivity contribution in [1.29, 1.82) is 0 Å². The number of hydrogen-bond acceptors (Lipinski definition) is 2. The van der Waals surface area contributed by atoms with E-state index < -0.39 is 0 Å². The number of benzene rings is 1. The van der Waals surface area contributed by atoms with Crippen LogP contribution < -0.4 is 4.74 Å². The molecule has 0 radical (unpaired) electrons. The van der Waals surface area contributed by atoms with Crippen LogP contribution in [0.5, 0.6) is 5.75 Å². The van der Waals surface area contributed by atoms with Crippen LogP contribution in [0.2, 0.25) is 0 Å². The van der Waals surface area contributed by atoms with Crippen molar-refractivity contribution >= 4 is 5.90 Å². The zero-order valence-electron chi connectivity index (χ0n) is 9.41. The molecule has 2 nitrogen and oxygen atoms in total. The van der Waals surface area contributed by atoms with E-state index in [9.17, 15) is 0 Å². The molecule has 0 saturated carbocycles. The van der Waals surface area contributed by atoms with Gasteiger partial charge < -0.3 is 4.74 Å². The number of allylic oxidation sites excluding steroid dienone is 4. The Labute approximate surface area is 101 Å². The maximum absolute atomic E-state index is 5.82. The summed E-state index contributed by atoms with van der Waals surface area (Å²) in [7, 11) is 0. The minimum absolute atomic E-state index is 0.413. The minimum atomic E-state index is 0.413. The van der Waals surface area contributed by atoms with Gasteiger partial charge in [-0.1, -0.05) is 42.5 Å². The first-order valence-electron chi connectivity index (χ1n) is 5.78.